The van der Waals surface area contributed by atoms with Crippen LogP contribution in [0.5, 0.6) is 5.88 Å². The Morgan fingerprint density at radius 3 is 2.50 bits per heavy atom. The van der Waals surface area contributed by atoms with Crippen molar-refractivity contribution >= 4 is 24.2 Å². The third-order valence-corrected chi connectivity index (χ3v) is 4.99. The van der Waals surface area contributed by atoms with Crippen molar-refractivity contribution in [3.05, 3.63) is 75.5 Å². The van der Waals surface area contributed by atoms with Crippen LogP contribution >= 0.6 is 0 Å². The number of nitrogens with zero attached hydrogens (tertiary/aromatic N) is 1. The summed E-state index contributed by atoms with van der Waals surface area (Å²) in [6.45, 7) is 18.1. The lowest BCUT2D eigenvalue weighted by atomic mass is 9.97. The number of nitrogens with one attached hydrogen (secondary N) is 3. The van der Waals surface area contributed by atoms with E-state index < -0.39 is 0 Å². The summed E-state index contributed by atoms with van der Waals surface area (Å²) in [5, 5.41) is 23.0. The molecule has 0 spiro atoms. The molecule has 0 aromatic carbocycles. The van der Waals surface area contributed by atoms with Gasteiger partial charge in [0.25, 0.3) is 0 Å². The molecule has 0 aliphatic heterocycles. The van der Waals surface area contributed by atoms with Crippen LogP contribution in [-0.4, -0.2) is 28.7 Å². The number of rotatable bonds is 10. The van der Waals surface area contributed by atoms with Gasteiger partial charge in [-0.3, -0.25) is 5.41 Å². The van der Waals surface area contributed by atoms with Crippen molar-refractivity contribution in [2.24, 2.45) is 4.99 Å². The van der Waals surface area contributed by atoms with Crippen LogP contribution in [0.3, 0.4) is 0 Å². The summed E-state index contributed by atoms with van der Waals surface area (Å²) in [6.07, 6.45) is 14.9. The second-order valence-corrected chi connectivity index (χ2v) is 7.60. The van der Waals surface area contributed by atoms with Crippen LogP contribution in [0.1, 0.15) is 59.4 Å². The fraction of sp³-hybridized carbons (Fsp3) is 0.333. The molecule has 0 saturated heterocycles. The fourth-order valence-corrected chi connectivity index (χ4v) is 3.27. The number of aromatic hydroxyl groups is 1. The van der Waals surface area contributed by atoms with Gasteiger partial charge in [-0.05, 0) is 56.4 Å². The Kier molecular flexibility index (Phi) is 11.0. The predicted molar refractivity (Wildman–Crippen MR) is 140 cm³/mol. The molecular weight excluding hydrogens is 396 g/mol. The Bertz CT molecular complexity index is 1090. The minimum absolute atomic E-state index is 0.0100. The molecule has 0 saturated carbocycles. The van der Waals surface area contributed by atoms with Gasteiger partial charge in [0.1, 0.15) is 5.84 Å². The highest BCUT2D eigenvalue weighted by molar-refractivity contribution is 6.09. The molecule has 0 unspecified atom stereocenters. The number of aliphatic imine (C=N–C) groups is 1. The molecule has 5 nitrogen and oxygen atoms in total. The van der Waals surface area contributed by atoms with Crippen LogP contribution in [0, 0.1) is 5.41 Å². The molecule has 172 valence electrons. The van der Waals surface area contributed by atoms with E-state index in [-0.39, 0.29) is 11.7 Å². The minimum Gasteiger partial charge on any atom is -0.494 e. The molecule has 0 aliphatic rings. The van der Waals surface area contributed by atoms with Crippen molar-refractivity contribution < 1.29 is 5.11 Å². The zero-order valence-electron chi connectivity index (χ0n) is 20.4. The topological polar surface area (TPSA) is 84.3 Å². The van der Waals surface area contributed by atoms with E-state index in [2.05, 4.69) is 67.5 Å². The summed E-state index contributed by atoms with van der Waals surface area (Å²) >= 11 is 0. The molecule has 1 rings (SSSR count). The Balaban J connectivity index is 3.70. The molecule has 0 atom stereocenters. The average Bonchev–Trinajstić information content (AvgIpc) is 3.01. The Morgan fingerprint density at radius 2 is 1.94 bits per heavy atom. The van der Waals surface area contributed by atoms with Gasteiger partial charge in [-0.2, -0.15) is 0 Å². The molecule has 0 fully saturated rings. The van der Waals surface area contributed by atoms with Crippen molar-refractivity contribution in [1.29, 1.82) is 5.41 Å². The minimum atomic E-state index is -0.0100. The van der Waals surface area contributed by atoms with Crippen LogP contribution in [0.25, 0.3) is 12.7 Å². The van der Waals surface area contributed by atoms with E-state index in [1.165, 1.54) is 0 Å². The summed E-state index contributed by atoms with van der Waals surface area (Å²) in [7, 11) is 1.79. The molecular formula is C27H38N4O. The first kappa shape index (κ1) is 26.7. The predicted octanol–water partition coefficient (Wildman–Crippen LogP) is 5.02. The maximum Gasteiger partial charge on any atom is 0.198 e. The summed E-state index contributed by atoms with van der Waals surface area (Å²) in [5.74, 6) is 0.0866. The largest absolute Gasteiger partial charge is 0.494 e. The van der Waals surface area contributed by atoms with E-state index in [4.69, 9.17) is 5.41 Å². The van der Waals surface area contributed by atoms with Gasteiger partial charge < -0.3 is 15.4 Å². The van der Waals surface area contributed by atoms with E-state index in [1.54, 1.807) is 20.0 Å². The van der Waals surface area contributed by atoms with Crippen molar-refractivity contribution in [2.45, 2.75) is 53.9 Å². The summed E-state index contributed by atoms with van der Waals surface area (Å²) < 4.78 is 0. The first-order chi connectivity index (χ1) is 15.2. The number of hydrogen-bond donors (Lipinski definition) is 4. The first-order valence-corrected chi connectivity index (χ1v) is 11.0. The monoisotopic (exact) mass is 434 g/mol. The zero-order chi connectivity index (χ0) is 24.3. The van der Waals surface area contributed by atoms with Crippen LogP contribution in [0.4, 0.5) is 0 Å². The van der Waals surface area contributed by atoms with E-state index in [9.17, 15) is 5.11 Å². The van der Waals surface area contributed by atoms with Crippen LogP contribution < -0.4 is 15.9 Å². The number of amidine groups is 1. The number of aromatic nitrogens is 1. The third-order valence-electron chi connectivity index (χ3n) is 4.99. The van der Waals surface area contributed by atoms with Gasteiger partial charge in [-0.15, -0.1) is 0 Å². The number of hydrogen-bond acceptors (Lipinski definition) is 3. The molecule has 1 heterocycles. The van der Waals surface area contributed by atoms with Gasteiger partial charge in [0.05, 0.1) is 11.3 Å². The van der Waals surface area contributed by atoms with Gasteiger partial charge in [0.15, 0.2) is 5.88 Å². The standard InChI is InChI=1S/C27H38N4O/c1-9-12-13-15-18(4)23(11-3)22(14-10-2)17-24-20(6)31-27(32)26(24)21(7)30-25(28)16-19(5)29-8/h11,13-17,28-29,31-32H,3,6,9-10,12H2,1-2,4-5,7-8H3/b15-13-,19-16-,22-14-,23-18-,24-17+,28-25?,30-21?. The van der Waals surface area contributed by atoms with Crippen molar-refractivity contribution in [1.82, 2.24) is 10.3 Å². The normalized spacial score (nSPS) is 14.7. The molecule has 0 bridgehead atoms. The van der Waals surface area contributed by atoms with Crippen LogP contribution in [0.15, 0.2) is 64.4 Å². The first-order valence-electron chi connectivity index (χ1n) is 11.0. The second-order valence-electron chi connectivity index (χ2n) is 7.60. The molecule has 5 heteroatoms. The number of allylic oxidation sites excluding steroid dienone is 8. The maximum absolute atomic E-state index is 10.6. The van der Waals surface area contributed by atoms with Gasteiger partial charge in [0, 0.05) is 29.4 Å². The molecule has 0 radical (unpaired) electrons. The quantitative estimate of drug-likeness (QED) is 0.237. The lowest BCUT2D eigenvalue weighted by molar-refractivity contribution is 0.455. The molecule has 0 amide bonds. The Labute approximate surface area is 192 Å². The van der Waals surface area contributed by atoms with Gasteiger partial charge in [-0.1, -0.05) is 57.7 Å². The molecule has 4 N–H and O–H groups in total. The highest BCUT2D eigenvalue weighted by Crippen LogP contribution is 2.20. The van der Waals surface area contributed by atoms with E-state index in [0.717, 1.165) is 46.9 Å². The van der Waals surface area contributed by atoms with Crippen LogP contribution in [0.2, 0.25) is 0 Å². The lowest BCUT2D eigenvalue weighted by Crippen LogP contribution is -2.26. The number of H-pyrrole nitrogens is 1. The SMILES string of the molecule is C=CC(/C(=C\CC)/C=c1/c(C(C)=NC(=N)/C=C(/C)NC)c(O)[nH]c1=C)=C(C)/C=C\CCC. The lowest BCUT2D eigenvalue weighted by Gasteiger charge is -2.08. The van der Waals surface area contributed by atoms with Gasteiger partial charge in [-0.25, -0.2) is 4.99 Å². The highest BCUT2D eigenvalue weighted by atomic mass is 16.3. The van der Waals surface area contributed by atoms with E-state index in [1.807, 2.05) is 19.1 Å². The van der Waals surface area contributed by atoms with E-state index >= 15 is 0 Å². The van der Waals surface area contributed by atoms with Crippen molar-refractivity contribution in [3.8, 4) is 5.88 Å². The van der Waals surface area contributed by atoms with Gasteiger partial charge in [0.2, 0.25) is 0 Å². The number of aromatic amines is 1. The summed E-state index contributed by atoms with van der Waals surface area (Å²) in [6, 6.07) is 0. The second kappa shape index (κ2) is 13.2. The molecule has 32 heavy (non-hydrogen) atoms. The Morgan fingerprint density at radius 1 is 1.25 bits per heavy atom. The maximum atomic E-state index is 10.6. The van der Waals surface area contributed by atoms with Crippen molar-refractivity contribution in [3.63, 3.8) is 0 Å². The van der Waals surface area contributed by atoms with E-state index in [0.29, 0.717) is 16.6 Å². The number of unbranched alkanes of at least 4 members (excludes halogenated alkanes) is 1. The third kappa shape index (κ3) is 7.41. The fourth-order valence-electron chi connectivity index (χ4n) is 3.27. The summed E-state index contributed by atoms with van der Waals surface area (Å²) in [4.78, 5) is 7.28. The zero-order valence-corrected chi connectivity index (χ0v) is 20.4. The van der Waals surface area contributed by atoms with Gasteiger partial charge >= 0.3 is 0 Å². The summed E-state index contributed by atoms with van der Waals surface area (Å²) in [5.41, 5.74) is 5.05. The smallest absolute Gasteiger partial charge is 0.198 e. The van der Waals surface area contributed by atoms with Crippen molar-refractivity contribution in [2.75, 3.05) is 7.05 Å². The molecule has 1 aromatic rings. The average molecular weight is 435 g/mol. The Hall–Kier alpha value is -3.34. The molecule has 0 aliphatic carbocycles. The molecule has 1 aromatic heterocycles. The van der Waals surface area contributed by atoms with Crippen LogP contribution in [-0.2, 0) is 0 Å². The highest BCUT2D eigenvalue weighted by Gasteiger charge is 2.12.